The molecule has 1 spiro atoms. The number of piperidine rings is 1. The Morgan fingerprint density at radius 1 is 1.23 bits per heavy atom. The average molecular weight is 468 g/mol. The number of nitrogens with one attached hydrogen (secondary N) is 1. The summed E-state index contributed by atoms with van der Waals surface area (Å²) >= 11 is 6.25. The number of anilines is 1. The number of hydrogen-bond acceptors (Lipinski definition) is 7. The zero-order valence-electron chi connectivity index (χ0n) is 17.3. The molecule has 5 rings (SSSR count). The van der Waals surface area contributed by atoms with Gasteiger partial charge in [0.2, 0.25) is 16.0 Å². The first-order chi connectivity index (χ1) is 14.7. The van der Waals surface area contributed by atoms with Gasteiger partial charge in [0.1, 0.15) is 10.7 Å². The number of hydrogen-bond donors (Lipinski definition) is 2. The molecule has 3 aliphatic rings. The van der Waals surface area contributed by atoms with Gasteiger partial charge in [-0.2, -0.15) is 4.98 Å². The van der Waals surface area contributed by atoms with Crippen LogP contribution in [0.5, 0.6) is 0 Å². The summed E-state index contributed by atoms with van der Waals surface area (Å²) in [7, 11) is -3.18. The number of aliphatic hydroxyl groups is 1. The van der Waals surface area contributed by atoms with Gasteiger partial charge in [-0.1, -0.05) is 11.6 Å². The van der Waals surface area contributed by atoms with E-state index >= 15 is 0 Å². The van der Waals surface area contributed by atoms with Gasteiger partial charge in [-0.3, -0.25) is 9.36 Å². The average Bonchev–Trinajstić information content (AvgIpc) is 3.46. The molecular formula is C20H26ClN5O4S. The highest BCUT2D eigenvalue weighted by Crippen LogP contribution is 2.63. The molecule has 3 heterocycles. The predicted molar refractivity (Wildman–Crippen MR) is 118 cm³/mol. The second-order valence-corrected chi connectivity index (χ2v) is 11.5. The van der Waals surface area contributed by atoms with Crippen LogP contribution in [0.4, 0.5) is 5.95 Å². The minimum atomic E-state index is -3.18. The Labute approximate surface area is 185 Å². The summed E-state index contributed by atoms with van der Waals surface area (Å²) in [5.74, 6) is 0.407. The van der Waals surface area contributed by atoms with Gasteiger partial charge in [0.05, 0.1) is 12.4 Å². The van der Waals surface area contributed by atoms with E-state index in [1.807, 2.05) is 0 Å². The van der Waals surface area contributed by atoms with Crippen LogP contribution in [-0.4, -0.2) is 63.9 Å². The lowest BCUT2D eigenvalue weighted by Crippen LogP contribution is -2.42. The second-order valence-electron chi connectivity index (χ2n) is 9.06. The molecule has 31 heavy (non-hydrogen) atoms. The van der Waals surface area contributed by atoms with E-state index in [9.17, 15) is 18.3 Å². The van der Waals surface area contributed by atoms with E-state index < -0.39 is 16.1 Å². The summed E-state index contributed by atoms with van der Waals surface area (Å²) < 4.78 is 26.6. The number of pyridine rings is 1. The molecule has 2 N–H and O–H groups in total. The molecule has 1 saturated heterocycles. The summed E-state index contributed by atoms with van der Waals surface area (Å²) in [5, 5.41) is 14.6. The highest BCUT2D eigenvalue weighted by Gasteiger charge is 2.59. The molecule has 3 fully saturated rings. The Morgan fingerprint density at radius 3 is 2.58 bits per heavy atom. The molecule has 0 radical (unpaired) electrons. The first kappa shape index (κ1) is 21.1. The van der Waals surface area contributed by atoms with Gasteiger partial charge in [-0.05, 0) is 44.6 Å². The maximum Gasteiger partial charge on any atom is 0.271 e. The van der Waals surface area contributed by atoms with Crippen LogP contribution in [0.15, 0.2) is 17.1 Å². The Kier molecular flexibility index (Phi) is 5.04. The zero-order chi connectivity index (χ0) is 22.0. The monoisotopic (exact) mass is 467 g/mol. The molecular weight excluding hydrogens is 442 g/mol. The molecule has 2 aliphatic carbocycles. The quantitative estimate of drug-likeness (QED) is 0.703. The highest BCUT2D eigenvalue weighted by molar-refractivity contribution is 7.88. The Bertz CT molecular complexity index is 1190. The number of aliphatic hydroxyl groups excluding tert-OH is 1. The largest absolute Gasteiger partial charge is 0.392 e. The fourth-order valence-corrected chi connectivity index (χ4v) is 6.35. The molecule has 0 amide bonds. The third-order valence-corrected chi connectivity index (χ3v) is 8.74. The standard InChI is InChI=1S/C20H26ClN5O4S/c1-31(29,30)25-8-4-13(5-9-25)23-19-22-11-12-10-14(21)18(28)26(17(12)24-19)15-2-3-16(27)20(15)6-7-20/h10-11,13,15-16,27H,2-9H2,1H3,(H,22,23,24)/t15-,16?/m1/s1. The smallest absolute Gasteiger partial charge is 0.271 e. The van der Waals surface area contributed by atoms with Crippen LogP contribution in [0.1, 0.15) is 44.6 Å². The van der Waals surface area contributed by atoms with Crippen molar-refractivity contribution in [3.05, 3.63) is 27.6 Å². The van der Waals surface area contributed by atoms with Crippen molar-refractivity contribution in [1.29, 1.82) is 0 Å². The van der Waals surface area contributed by atoms with Gasteiger partial charge in [-0.15, -0.1) is 0 Å². The lowest BCUT2D eigenvalue weighted by molar-refractivity contribution is 0.103. The van der Waals surface area contributed by atoms with E-state index in [2.05, 4.69) is 15.3 Å². The highest BCUT2D eigenvalue weighted by atomic mass is 35.5. The van der Waals surface area contributed by atoms with Crippen molar-refractivity contribution < 1.29 is 13.5 Å². The fraction of sp³-hybridized carbons (Fsp3) is 0.650. The van der Waals surface area contributed by atoms with Crippen molar-refractivity contribution in [3.8, 4) is 0 Å². The minimum Gasteiger partial charge on any atom is -0.392 e. The topological polar surface area (TPSA) is 117 Å². The maximum absolute atomic E-state index is 13.0. The molecule has 2 atom stereocenters. The Balaban J connectivity index is 1.46. The third-order valence-electron chi connectivity index (χ3n) is 7.17. The first-order valence-corrected chi connectivity index (χ1v) is 12.9. The van der Waals surface area contributed by atoms with Crippen molar-refractivity contribution in [3.63, 3.8) is 0 Å². The van der Waals surface area contributed by atoms with Crippen LogP contribution in [-0.2, 0) is 10.0 Å². The van der Waals surface area contributed by atoms with Gasteiger partial charge < -0.3 is 10.4 Å². The number of halogens is 1. The normalized spacial score (nSPS) is 26.5. The number of sulfonamides is 1. The van der Waals surface area contributed by atoms with Crippen molar-refractivity contribution in [2.45, 2.75) is 56.7 Å². The van der Waals surface area contributed by atoms with Gasteiger partial charge in [-0.25, -0.2) is 17.7 Å². The number of fused-ring (bicyclic) bond motifs is 1. The molecule has 2 saturated carbocycles. The summed E-state index contributed by atoms with van der Waals surface area (Å²) in [4.78, 5) is 22.1. The SMILES string of the molecule is CS(=O)(=O)N1CCC(Nc2ncc3cc(Cl)c(=O)n([C@@H]4CCC(O)C45CC5)c3n2)CC1. The van der Waals surface area contributed by atoms with Gasteiger partial charge in [0.15, 0.2) is 0 Å². The fourth-order valence-electron chi connectivity index (χ4n) is 5.27. The zero-order valence-corrected chi connectivity index (χ0v) is 18.9. The molecule has 9 nitrogen and oxygen atoms in total. The third kappa shape index (κ3) is 3.63. The Morgan fingerprint density at radius 2 is 1.94 bits per heavy atom. The lowest BCUT2D eigenvalue weighted by atomic mass is 9.98. The van der Waals surface area contributed by atoms with Gasteiger partial charge in [0, 0.05) is 42.2 Å². The summed E-state index contributed by atoms with van der Waals surface area (Å²) in [5.41, 5.74) is -0.0187. The van der Waals surface area contributed by atoms with Crippen molar-refractivity contribution in [2.24, 2.45) is 5.41 Å². The van der Waals surface area contributed by atoms with E-state index in [0.29, 0.717) is 55.8 Å². The minimum absolute atomic E-state index is 0.0472. The summed E-state index contributed by atoms with van der Waals surface area (Å²) in [6.07, 6.45) is 6.96. The molecule has 1 aliphatic heterocycles. The second kappa shape index (κ2) is 7.40. The number of nitrogens with zero attached hydrogens (tertiary/aromatic N) is 4. The Hall–Kier alpha value is -1.75. The van der Waals surface area contributed by atoms with E-state index in [0.717, 1.165) is 12.8 Å². The molecule has 11 heteroatoms. The van der Waals surface area contributed by atoms with Crippen molar-refractivity contribution in [2.75, 3.05) is 24.7 Å². The van der Waals surface area contributed by atoms with Crippen molar-refractivity contribution >= 4 is 38.6 Å². The molecule has 0 bridgehead atoms. The van der Waals surface area contributed by atoms with Crippen LogP contribution in [0.25, 0.3) is 11.0 Å². The predicted octanol–water partition coefficient (Wildman–Crippen LogP) is 1.76. The van der Waals surface area contributed by atoms with Gasteiger partial charge in [0.25, 0.3) is 5.56 Å². The molecule has 0 aromatic carbocycles. The maximum atomic E-state index is 13.0. The molecule has 1 unspecified atom stereocenters. The van der Waals surface area contributed by atoms with Crippen LogP contribution >= 0.6 is 11.6 Å². The van der Waals surface area contributed by atoms with E-state index in [1.165, 1.54) is 10.6 Å². The van der Waals surface area contributed by atoms with Gasteiger partial charge >= 0.3 is 0 Å². The van der Waals surface area contributed by atoms with Crippen LogP contribution in [0.3, 0.4) is 0 Å². The first-order valence-electron chi connectivity index (χ1n) is 10.7. The number of aromatic nitrogens is 3. The summed E-state index contributed by atoms with van der Waals surface area (Å²) in [6, 6.07) is 1.51. The van der Waals surface area contributed by atoms with Crippen molar-refractivity contribution in [1.82, 2.24) is 18.8 Å². The van der Waals surface area contributed by atoms with Crippen LogP contribution < -0.4 is 10.9 Å². The van der Waals surface area contributed by atoms with E-state index in [-0.39, 0.29) is 28.1 Å². The molecule has 2 aromatic rings. The lowest BCUT2D eigenvalue weighted by Gasteiger charge is -2.30. The van der Waals surface area contributed by atoms with Crippen LogP contribution in [0.2, 0.25) is 5.02 Å². The summed E-state index contributed by atoms with van der Waals surface area (Å²) in [6.45, 7) is 0.903. The molecule has 168 valence electrons. The van der Waals surface area contributed by atoms with Crippen LogP contribution in [0, 0.1) is 5.41 Å². The number of rotatable bonds is 4. The van der Waals surface area contributed by atoms with E-state index in [4.69, 9.17) is 11.6 Å². The van der Waals surface area contributed by atoms with E-state index in [1.54, 1.807) is 16.8 Å². The molecule has 2 aromatic heterocycles.